The third-order valence-corrected chi connectivity index (χ3v) is 5.16. The molecule has 3 rings (SSSR count). The summed E-state index contributed by atoms with van der Waals surface area (Å²) in [5.74, 6) is 0.0465. The van der Waals surface area contributed by atoms with Crippen molar-refractivity contribution < 1.29 is 19.1 Å². The number of hydrogen-bond acceptors (Lipinski definition) is 4. The fourth-order valence-corrected chi connectivity index (χ4v) is 3.53. The molecule has 0 radical (unpaired) electrons. The zero-order valence-electron chi connectivity index (χ0n) is 17.0. The summed E-state index contributed by atoms with van der Waals surface area (Å²) < 4.78 is 10.7. The summed E-state index contributed by atoms with van der Waals surface area (Å²) in [6.45, 7) is 2.52. The minimum Gasteiger partial charge on any atom is -0.497 e. The standard InChI is InChI=1S/C24H27NO4/c1-18-9-6-7-14-25(18)23(26)17-29-24(27)22(20-11-4-3-5-12-20)16-19-10-8-13-21(15-19)28-2/h3-5,8,10-13,15-16,18H,6-7,9,14,17H2,1-2H3/b22-16+/t18-/m0/s1. The normalized spacial score (nSPS) is 17.0. The quantitative estimate of drug-likeness (QED) is 0.420. The molecule has 0 N–H and O–H groups in total. The number of ether oxygens (including phenoxy) is 2. The third kappa shape index (κ3) is 5.47. The molecule has 0 bridgehead atoms. The van der Waals surface area contributed by atoms with Crippen LogP contribution < -0.4 is 4.74 Å². The molecule has 1 saturated heterocycles. The lowest BCUT2D eigenvalue weighted by Gasteiger charge is -2.33. The van der Waals surface area contributed by atoms with Gasteiger partial charge >= 0.3 is 5.97 Å². The van der Waals surface area contributed by atoms with Crippen LogP contribution in [0.4, 0.5) is 0 Å². The minimum atomic E-state index is -0.517. The van der Waals surface area contributed by atoms with Gasteiger partial charge in [-0.05, 0) is 55.5 Å². The fraction of sp³-hybridized carbons (Fsp3) is 0.333. The fourth-order valence-electron chi connectivity index (χ4n) is 3.53. The van der Waals surface area contributed by atoms with Crippen molar-refractivity contribution in [2.75, 3.05) is 20.3 Å². The van der Waals surface area contributed by atoms with Gasteiger partial charge in [0, 0.05) is 12.6 Å². The van der Waals surface area contributed by atoms with E-state index in [4.69, 9.17) is 9.47 Å². The van der Waals surface area contributed by atoms with E-state index < -0.39 is 5.97 Å². The van der Waals surface area contributed by atoms with E-state index in [-0.39, 0.29) is 18.6 Å². The zero-order chi connectivity index (χ0) is 20.6. The van der Waals surface area contributed by atoms with Gasteiger partial charge in [-0.3, -0.25) is 4.79 Å². The molecule has 5 nitrogen and oxygen atoms in total. The highest BCUT2D eigenvalue weighted by atomic mass is 16.5. The van der Waals surface area contributed by atoms with Crippen molar-refractivity contribution in [3.8, 4) is 5.75 Å². The van der Waals surface area contributed by atoms with Crippen LogP contribution in [-0.2, 0) is 14.3 Å². The van der Waals surface area contributed by atoms with Crippen LogP contribution in [0.2, 0.25) is 0 Å². The lowest BCUT2D eigenvalue weighted by atomic mass is 10.0. The Morgan fingerprint density at radius 1 is 1.10 bits per heavy atom. The average molecular weight is 393 g/mol. The van der Waals surface area contributed by atoms with Crippen molar-refractivity contribution in [2.45, 2.75) is 32.2 Å². The van der Waals surface area contributed by atoms with Crippen LogP contribution in [0, 0.1) is 0 Å². The second-order valence-electron chi connectivity index (χ2n) is 7.21. The summed E-state index contributed by atoms with van der Waals surface area (Å²) in [7, 11) is 1.60. The van der Waals surface area contributed by atoms with Gasteiger partial charge in [0.05, 0.1) is 12.7 Å². The van der Waals surface area contributed by atoms with Crippen LogP contribution in [0.15, 0.2) is 54.6 Å². The Kier molecular flexibility index (Phi) is 7.06. The molecular weight excluding hydrogens is 366 g/mol. The molecule has 0 saturated carbocycles. The predicted octanol–water partition coefficient (Wildman–Crippen LogP) is 4.18. The highest BCUT2D eigenvalue weighted by Gasteiger charge is 2.24. The van der Waals surface area contributed by atoms with E-state index in [1.165, 1.54) is 0 Å². The maximum atomic E-state index is 12.9. The molecule has 2 aromatic rings. The number of benzene rings is 2. The Morgan fingerprint density at radius 2 is 1.90 bits per heavy atom. The van der Waals surface area contributed by atoms with Gasteiger partial charge in [-0.25, -0.2) is 4.79 Å². The molecule has 0 aliphatic carbocycles. The van der Waals surface area contributed by atoms with E-state index in [9.17, 15) is 9.59 Å². The Balaban J connectivity index is 1.78. The lowest BCUT2D eigenvalue weighted by Crippen LogP contribution is -2.44. The summed E-state index contributed by atoms with van der Waals surface area (Å²) in [5, 5.41) is 0. The smallest absolute Gasteiger partial charge is 0.339 e. The minimum absolute atomic E-state index is 0.139. The summed E-state index contributed by atoms with van der Waals surface area (Å²) in [5.41, 5.74) is 1.95. The number of methoxy groups -OCH3 is 1. The molecular formula is C24H27NO4. The van der Waals surface area contributed by atoms with Crippen LogP contribution in [0.1, 0.15) is 37.3 Å². The van der Waals surface area contributed by atoms with Crippen LogP contribution in [0.3, 0.4) is 0 Å². The van der Waals surface area contributed by atoms with Crippen molar-refractivity contribution in [2.24, 2.45) is 0 Å². The summed E-state index contributed by atoms with van der Waals surface area (Å²) in [6.07, 6.45) is 4.88. The van der Waals surface area contributed by atoms with Gasteiger partial charge in [-0.15, -0.1) is 0 Å². The zero-order valence-corrected chi connectivity index (χ0v) is 17.0. The predicted molar refractivity (Wildman–Crippen MR) is 113 cm³/mol. The van der Waals surface area contributed by atoms with Crippen molar-refractivity contribution in [1.82, 2.24) is 4.90 Å². The van der Waals surface area contributed by atoms with Crippen molar-refractivity contribution >= 4 is 23.5 Å². The van der Waals surface area contributed by atoms with E-state index >= 15 is 0 Å². The molecule has 0 aromatic heterocycles. The maximum Gasteiger partial charge on any atom is 0.339 e. The molecule has 0 spiro atoms. The first-order valence-electron chi connectivity index (χ1n) is 9.96. The number of rotatable bonds is 6. The number of carbonyl (C=O) groups is 2. The molecule has 1 heterocycles. The van der Waals surface area contributed by atoms with E-state index in [0.717, 1.165) is 36.9 Å². The summed E-state index contributed by atoms with van der Waals surface area (Å²) in [4.78, 5) is 27.2. The maximum absolute atomic E-state index is 12.9. The highest BCUT2D eigenvalue weighted by Crippen LogP contribution is 2.23. The van der Waals surface area contributed by atoms with Gasteiger partial charge in [0.15, 0.2) is 6.61 Å². The SMILES string of the molecule is COc1cccc(/C=C(/C(=O)OCC(=O)N2CCCC[C@@H]2C)c2ccccc2)c1. The summed E-state index contributed by atoms with van der Waals surface area (Å²) in [6, 6.07) is 16.9. The van der Waals surface area contributed by atoms with Crippen molar-refractivity contribution in [3.63, 3.8) is 0 Å². The monoisotopic (exact) mass is 393 g/mol. The Morgan fingerprint density at radius 3 is 2.62 bits per heavy atom. The van der Waals surface area contributed by atoms with E-state index in [1.54, 1.807) is 13.2 Å². The number of piperidine rings is 1. The first-order chi connectivity index (χ1) is 14.1. The molecule has 29 heavy (non-hydrogen) atoms. The number of carbonyl (C=O) groups excluding carboxylic acids is 2. The Bertz CT molecular complexity index is 875. The van der Waals surface area contributed by atoms with Crippen LogP contribution in [0.5, 0.6) is 5.75 Å². The summed E-state index contributed by atoms with van der Waals surface area (Å²) >= 11 is 0. The molecule has 152 valence electrons. The molecule has 0 unspecified atom stereocenters. The molecule has 5 heteroatoms. The van der Waals surface area contributed by atoms with Crippen LogP contribution in [0.25, 0.3) is 11.6 Å². The largest absolute Gasteiger partial charge is 0.497 e. The second-order valence-corrected chi connectivity index (χ2v) is 7.21. The number of hydrogen-bond donors (Lipinski definition) is 0. The van der Waals surface area contributed by atoms with Crippen LogP contribution in [-0.4, -0.2) is 43.1 Å². The molecule has 1 amide bonds. The van der Waals surface area contributed by atoms with Gasteiger partial charge in [0.1, 0.15) is 5.75 Å². The lowest BCUT2D eigenvalue weighted by molar-refractivity contribution is -0.149. The first-order valence-corrected chi connectivity index (χ1v) is 9.96. The topological polar surface area (TPSA) is 55.8 Å². The third-order valence-electron chi connectivity index (χ3n) is 5.16. The van der Waals surface area contributed by atoms with Gasteiger partial charge < -0.3 is 14.4 Å². The molecule has 1 aliphatic heterocycles. The Labute approximate surface area is 171 Å². The second kappa shape index (κ2) is 9.92. The van der Waals surface area contributed by atoms with Gasteiger partial charge in [0.25, 0.3) is 5.91 Å². The highest BCUT2D eigenvalue weighted by molar-refractivity contribution is 6.21. The van der Waals surface area contributed by atoms with E-state index in [0.29, 0.717) is 11.3 Å². The van der Waals surface area contributed by atoms with Crippen molar-refractivity contribution in [3.05, 3.63) is 65.7 Å². The number of nitrogens with zero attached hydrogens (tertiary/aromatic N) is 1. The van der Waals surface area contributed by atoms with Gasteiger partial charge in [0.2, 0.25) is 0 Å². The molecule has 1 atom stereocenters. The van der Waals surface area contributed by atoms with Gasteiger partial charge in [-0.1, -0.05) is 42.5 Å². The van der Waals surface area contributed by atoms with Crippen molar-refractivity contribution in [1.29, 1.82) is 0 Å². The number of likely N-dealkylation sites (tertiary alicyclic amines) is 1. The number of esters is 1. The molecule has 1 fully saturated rings. The first kappa shape index (κ1) is 20.6. The Hall–Kier alpha value is -3.08. The van der Waals surface area contributed by atoms with Gasteiger partial charge in [-0.2, -0.15) is 0 Å². The average Bonchev–Trinajstić information content (AvgIpc) is 2.76. The van der Waals surface area contributed by atoms with E-state index in [1.807, 2.05) is 66.4 Å². The van der Waals surface area contributed by atoms with Crippen LogP contribution >= 0.6 is 0 Å². The molecule has 1 aliphatic rings. The molecule has 2 aromatic carbocycles. The number of amides is 1. The van der Waals surface area contributed by atoms with E-state index in [2.05, 4.69) is 0 Å².